The molecule has 18 heavy (non-hydrogen) atoms. The van der Waals surface area contributed by atoms with Crippen molar-refractivity contribution < 1.29 is 9.53 Å². The van der Waals surface area contributed by atoms with E-state index in [2.05, 4.69) is 0 Å². The topological polar surface area (TPSA) is 29.5 Å². The highest BCUT2D eigenvalue weighted by Gasteiger charge is 2.17. The summed E-state index contributed by atoms with van der Waals surface area (Å²) >= 11 is 5.26. The summed E-state index contributed by atoms with van der Waals surface area (Å²) in [7, 11) is 0. The second-order valence-electron chi connectivity index (χ2n) is 4.42. The summed E-state index contributed by atoms with van der Waals surface area (Å²) in [5.41, 5.74) is 1.10. The molecule has 0 unspecified atom stereocenters. The summed E-state index contributed by atoms with van der Waals surface area (Å²) in [6.07, 6.45) is 2.11. The highest BCUT2D eigenvalue weighted by molar-refractivity contribution is 7.80. The van der Waals surface area contributed by atoms with E-state index in [0.717, 1.165) is 18.5 Å². The van der Waals surface area contributed by atoms with Crippen LogP contribution in [0.5, 0.6) is 0 Å². The molecule has 0 atom stereocenters. The third-order valence-electron chi connectivity index (χ3n) is 3.01. The van der Waals surface area contributed by atoms with Crippen LogP contribution in [-0.4, -0.2) is 28.9 Å². The summed E-state index contributed by atoms with van der Waals surface area (Å²) in [6.45, 7) is 2.00. The number of Topliss-reactive ketones (excluding diaryl/α,β-unsaturated/α-hetero) is 1. The molecular formula is C14H17NO2S. The highest BCUT2D eigenvalue weighted by Crippen LogP contribution is 2.10. The molecule has 0 bridgehead atoms. The van der Waals surface area contributed by atoms with Gasteiger partial charge in [0.15, 0.2) is 0 Å². The highest BCUT2D eigenvalue weighted by atomic mass is 32.1. The van der Waals surface area contributed by atoms with Gasteiger partial charge in [0.05, 0.1) is 0 Å². The smallest absolute Gasteiger partial charge is 0.259 e. The van der Waals surface area contributed by atoms with Gasteiger partial charge in [-0.1, -0.05) is 30.3 Å². The first-order chi connectivity index (χ1) is 8.75. The third-order valence-corrected chi connectivity index (χ3v) is 3.38. The van der Waals surface area contributed by atoms with Gasteiger partial charge in [0.1, 0.15) is 12.4 Å². The van der Waals surface area contributed by atoms with E-state index >= 15 is 0 Å². The number of hydrogen-bond acceptors (Lipinski definition) is 3. The molecule has 1 heterocycles. The molecule has 0 saturated carbocycles. The molecule has 2 rings (SSSR count). The molecular weight excluding hydrogens is 246 g/mol. The SMILES string of the molecule is O=C1CCCN(C(=S)OCc2ccccc2)CC1. The van der Waals surface area contributed by atoms with Crippen LogP contribution in [0.2, 0.25) is 0 Å². The largest absolute Gasteiger partial charge is 0.466 e. The molecule has 1 saturated heterocycles. The normalized spacial score (nSPS) is 16.2. The van der Waals surface area contributed by atoms with Crippen LogP contribution in [0.25, 0.3) is 0 Å². The molecule has 0 aromatic heterocycles. The zero-order valence-electron chi connectivity index (χ0n) is 10.3. The van der Waals surface area contributed by atoms with Crippen LogP contribution < -0.4 is 0 Å². The quantitative estimate of drug-likeness (QED) is 0.767. The molecule has 1 fully saturated rings. The van der Waals surface area contributed by atoms with E-state index in [4.69, 9.17) is 17.0 Å². The minimum absolute atomic E-state index is 0.323. The van der Waals surface area contributed by atoms with E-state index in [9.17, 15) is 4.79 Å². The molecule has 3 nitrogen and oxygen atoms in total. The third kappa shape index (κ3) is 3.81. The fourth-order valence-corrected chi connectivity index (χ4v) is 2.20. The second-order valence-corrected chi connectivity index (χ2v) is 4.77. The van der Waals surface area contributed by atoms with Crippen LogP contribution in [0.4, 0.5) is 0 Å². The van der Waals surface area contributed by atoms with Crippen molar-refractivity contribution in [2.24, 2.45) is 0 Å². The average Bonchev–Trinajstić information content (AvgIpc) is 2.62. The molecule has 0 spiro atoms. The van der Waals surface area contributed by atoms with Crippen molar-refractivity contribution in [1.82, 2.24) is 4.90 Å². The number of carbonyl (C=O) groups is 1. The fourth-order valence-electron chi connectivity index (χ4n) is 1.96. The molecule has 0 amide bonds. The fraction of sp³-hybridized carbons (Fsp3) is 0.429. The minimum Gasteiger partial charge on any atom is -0.466 e. The van der Waals surface area contributed by atoms with Crippen LogP contribution in [0.15, 0.2) is 30.3 Å². The molecule has 1 aromatic rings. The Balaban J connectivity index is 1.82. The van der Waals surface area contributed by atoms with Gasteiger partial charge in [0, 0.05) is 25.9 Å². The maximum Gasteiger partial charge on any atom is 0.259 e. The van der Waals surface area contributed by atoms with Crippen LogP contribution in [-0.2, 0) is 16.1 Å². The lowest BCUT2D eigenvalue weighted by molar-refractivity contribution is -0.118. The Labute approximate surface area is 113 Å². The van der Waals surface area contributed by atoms with E-state index in [-0.39, 0.29) is 0 Å². The Bertz CT molecular complexity index is 419. The molecule has 0 N–H and O–H groups in total. The van der Waals surface area contributed by atoms with Crippen molar-refractivity contribution in [3.63, 3.8) is 0 Å². The summed E-state index contributed by atoms with van der Waals surface area (Å²) in [5, 5.41) is 0.508. The predicted molar refractivity (Wildman–Crippen MR) is 74.3 cm³/mol. The summed E-state index contributed by atoms with van der Waals surface area (Å²) in [4.78, 5) is 13.3. The Kier molecular flexibility index (Phi) is 4.70. The summed E-state index contributed by atoms with van der Waals surface area (Å²) in [5.74, 6) is 0.323. The Morgan fingerprint density at radius 2 is 2.00 bits per heavy atom. The molecule has 0 radical (unpaired) electrons. The molecule has 0 aliphatic carbocycles. The van der Waals surface area contributed by atoms with Gasteiger partial charge in [-0.2, -0.15) is 0 Å². The lowest BCUT2D eigenvalue weighted by Gasteiger charge is -2.22. The Morgan fingerprint density at radius 3 is 2.78 bits per heavy atom. The number of benzene rings is 1. The van der Waals surface area contributed by atoms with Crippen molar-refractivity contribution in [1.29, 1.82) is 0 Å². The first kappa shape index (κ1) is 13.0. The maximum atomic E-state index is 11.3. The van der Waals surface area contributed by atoms with Gasteiger partial charge in [0.25, 0.3) is 5.17 Å². The lowest BCUT2D eigenvalue weighted by Crippen LogP contribution is -2.32. The first-order valence-electron chi connectivity index (χ1n) is 6.23. The van der Waals surface area contributed by atoms with Crippen molar-refractivity contribution in [3.8, 4) is 0 Å². The zero-order valence-corrected chi connectivity index (χ0v) is 11.1. The second kappa shape index (κ2) is 6.50. The molecule has 1 aliphatic heterocycles. The van der Waals surface area contributed by atoms with Crippen molar-refractivity contribution in [2.75, 3.05) is 13.1 Å². The van der Waals surface area contributed by atoms with E-state index in [1.165, 1.54) is 0 Å². The van der Waals surface area contributed by atoms with Crippen LogP contribution in [0, 0.1) is 0 Å². The van der Waals surface area contributed by atoms with Gasteiger partial charge >= 0.3 is 0 Å². The number of likely N-dealkylation sites (tertiary alicyclic amines) is 1. The van der Waals surface area contributed by atoms with Crippen LogP contribution in [0.3, 0.4) is 0 Å². The lowest BCUT2D eigenvalue weighted by atomic mass is 10.2. The van der Waals surface area contributed by atoms with Gasteiger partial charge in [0.2, 0.25) is 0 Å². The minimum atomic E-state index is 0.323. The van der Waals surface area contributed by atoms with E-state index in [1.54, 1.807) is 0 Å². The standard InChI is InChI=1S/C14H17NO2S/c16-13-7-4-9-15(10-8-13)14(18)17-11-12-5-2-1-3-6-12/h1-3,5-6H,4,7-11H2. The van der Waals surface area contributed by atoms with Gasteiger partial charge in [-0.25, -0.2) is 0 Å². The number of ketones is 1. The number of nitrogens with zero attached hydrogens (tertiary/aromatic N) is 1. The monoisotopic (exact) mass is 263 g/mol. The van der Waals surface area contributed by atoms with E-state index in [1.807, 2.05) is 35.2 Å². The van der Waals surface area contributed by atoms with Gasteiger partial charge in [-0.3, -0.25) is 4.79 Å². The van der Waals surface area contributed by atoms with Crippen molar-refractivity contribution in [3.05, 3.63) is 35.9 Å². The number of ether oxygens (including phenoxy) is 1. The van der Waals surface area contributed by atoms with Crippen LogP contribution in [0.1, 0.15) is 24.8 Å². The maximum absolute atomic E-state index is 11.3. The summed E-state index contributed by atoms with van der Waals surface area (Å²) in [6, 6.07) is 9.95. The van der Waals surface area contributed by atoms with Gasteiger partial charge in [-0.05, 0) is 24.2 Å². The van der Waals surface area contributed by atoms with Crippen LogP contribution >= 0.6 is 12.2 Å². The van der Waals surface area contributed by atoms with Gasteiger partial charge < -0.3 is 9.64 Å². The molecule has 4 heteroatoms. The Hall–Kier alpha value is -1.42. The van der Waals surface area contributed by atoms with Crippen molar-refractivity contribution >= 4 is 23.2 Å². The molecule has 1 aromatic carbocycles. The first-order valence-corrected chi connectivity index (χ1v) is 6.64. The molecule has 1 aliphatic rings. The van der Waals surface area contributed by atoms with E-state index in [0.29, 0.717) is 37.0 Å². The van der Waals surface area contributed by atoms with Gasteiger partial charge in [-0.15, -0.1) is 0 Å². The van der Waals surface area contributed by atoms with E-state index < -0.39 is 0 Å². The average molecular weight is 263 g/mol. The Morgan fingerprint density at radius 1 is 1.22 bits per heavy atom. The van der Waals surface area contributed by atoms with Crippen molar-refractivity contribution in [2.45, 2.75) is 25.9 Å². The number of carbonyl (C=O) groups excluding carboxylic acids is 1. The summed E-state index contributed by atoms with van der Waals surface area (Å²) < 4.78 is 5.60. The molecule has 96 valence electrons. The predicted octanol–water partition coefficient (Wildman–Crippen LogP) is 2.54. The number of hydrogen-bond donors (Lipinski definition) is 0. The zero-order chi connectivity index (χ0) is 12.8. The number of rotatable bonds is 2. The number of thiocarbonyl (C=S) groups is 1.